The van der Waals surface area contributed by atoms with Crippen LogP contribution in [-0.4, -0.2) is 19.4 Å². The van der Waals surface area contributed by atoms with Crippen molar-refractivity contribution in [3.8, 4) is 22.3 Å². The van der Waals surface area contributed by atoms with Gasteiger partial charge in [0.15, 0.2) is 0 Å². The Morgan fingerprint density at radius 2 is 1.51 bits per heavy atom. The first-order valence-corrected chi connectivity index (χ1v) is 12.0. The molecule has 0 saturated carbocycles. The summed E-state index contributed by atoms with van der Waals surface area (Å²) in [4.78, 5) is 14.5. The van der Waals surface area contributed by atoms with Gasteiger partial charge >= 0.3 is 0 Å². The third-order valence-corrected chi connectivity index (χ3v) is 7.97. The number of hydrogen-bond donors (Lipinski definition) is 0. The minimum atomic E-state index is 0.925. The smallest absolute Gasteiger partial charge is 0.147 e. The highest BCUT2D eigenvalue weighted by molar-refractivity contribution is 6.14. The van der Waals surface area contributed by atoms with E-state index in [0.717, 1.165) is 51.3 Å². The number of fused-ring (bicyclic) bond motifs is 16. The molecule has 4 heteroatoms. The number of nitrogens with zero attached hydrogens (tertiary/aromatic N) is 4. The molecule has 0 N–H and O–H groups in total. The Bertz CT molecular complexity index is 2070. The highest BCUT2D eigenvalue weighted by Crippen LogP contribution is 2.49. The molecular weight excluding hydrogens is 428 g/mol. The lowest BCUT2D eigenvalue weighted by Gasteiger charge is -2.10. The third kappa shape index (κ3) is 2.11. The van der Waals surface area contributed by atoms with Crippen molar-refractivity contribution < 1.29 is 0 Å². The van der Waals surface area contributed by atoms with Crippen LogP contribution in [0.1, 0.15) is 22.3 Å². The Hall–Kier alpha value is -4.57. The van der Waals surface area contributed by atoms with Crippen molar-refractivity contribution in [2.75, 3.05) is 0 Å². The van der Waals surface area contributed by atoms with Crippen LogP contribution in [0.25, 0.3) is 60.7 Å². The minimum absolute atomic E-state index is 0.925. The predicted molar refractivity (Wildman–Crippen MR) is 140 cm³/mol. The van der Waals surface area contributed by atoms with Crippen LogP contribution < -0.4 is 0 Å². The van der Waals surface area contributed by atoms with Gasteiger partial charge in [-0.15, -0.1) is 0 Å². The van der Waals surface area contributed by atoms with Crippen LogP contribution in [0.3, 0.4) is 0 Å². The van der Waals surface area contributed by atoms with Crippen molar-refractivity contribution in [1.29, 1.82) is 0 Å². The van der Waals surface area contributed by atoms with E-state index in [1.807, 2.05) is 24.7 Å². The Kier molecular flexibility index (Phi) is 3.11. The molecule has 162 valence electrons. The normalized spacial score (nSPS) is 13.5. The second-order valence-corrected chi connectivity index (χ2v) is 9.67. The van der Waals surface area contributed by atoms with E-state index in [9.17, 15) is 0 Å². The van der Waals surface area contributed by atoms with E-state index in [1.165, 1.54) is 44.5 Å². The minimum Gasteiger partial charge on any atom is -0.276 e. The van der Waals surface area contributed by atoms with Crippen molar-refractivity contribution in [1.82, 2.24) is 19.4 Å². The monoisotopic (exact) mass is 446 g/mol. The van der Waals surface area contributed by atoms with Gasteiger partial charge in [0, 0.05) is 40.3 Å². The summed E-state index contributed by atoms with van der Waals surface area (Å²) >= 11 is 0. The second kappa shape index (κ2) is 6.10. The number of imidazole rings is 1. The number of rotatable bonds is 0. The molecule has 0 atom stereocenters. The van der Waals surface area contributed by atoms with Gasteiger partial charge in [0.2, 0.25) is 0 Å². The van der Waals surface area contributed by atoms with Crippen LogP contribution in [0.15, 0.2) is 85.3 Å². The highest BCUT2D eigenvalue weighted by Gasteiger charge is 2.30. The summed E-state index contributed by atoms with van der Waals surface area (Å²) in [5.41, 5.74) is 15.1. The maximum Gasteiger partial charge on any atom is 0.147 e. The molecule has 7 aromatic rings. The van der Waals surface area contributed by atoms with E-state index < -0.39 is 0 Å². The number of benzene rings is 3. The third-order valence-electron chi connectivity index (χ3n) is 7.97. The van der Waals surface area contributed by atoms with Crippen molar-refractivity contribution in [3.05, 3.63) is 108 Å². The van der Waals surface area contributed by atoms with E-state index in [1.54, 1.807) is 0 Å². The molecule has 35 heavy (non-hydrogen) atoms. The molecule has 9 rings (SSSR count). The maximum absolute atomic E-state index is 5.33. The first-order chi connectivity index (χ1) is 17.4. The summed E-state index contributed by atoms with van der Waals surface area (Å²) in [6.45, 7) is 0. The number of hydrogen-bond acceptors (Lipinski definition) is 3. The predicted octanol–water partition coefficient (Wildman–Crippen LogP) is 6.73. The molecule has 0 bridgehead atoms. The van der Waals surface area contributed by atoms with Crippen molar-refractivity contribution in [2.24, 2.45) is 0 Å². The van der Waals surface area contributed by atoms with Crippen molar-refractivity contribution >= 4 is 38.5 Å². The van der Waals surface area contributed by atoms with Gasteiger partial charge in [-0.3, -0.25) is 9.38 Å². The average Bonchev–Trinajstić information content (AvgIpc) is 3.59. The quantitative estimate of drug-likeness (QED) is 0.243. The average molecular weight is 447 g/mol. The topological polar surface area (TPSA) is 43.1 Å². The summed E-state index contributed by atoms with van der Waals surface area (Å²) in [5.74, 6) is 0. The van der Waals surface area contributed by atoms with Crippen LogP contribution in [-0.2, 0) is 12.8 Å². The molecule has 3 aromatic carbocycles. The largest absolute Gasteiger partial charge is 0.276 e. The van der Waals surface area contributed by atoms with E-state index in [0.29, 0.717) is 0 Å². The maximum atomic E-state index is 5.33. The fourth-order valence-electron chi connectivity index (χ4n) is 6.52. The lowest BCUT2D eigenvalue weighted by molar-refractivity contribution is 1.22. The Morgan fingerprint density at radius 3 is 2.51 bits per heavy atom. The molecule has 0 spiro atoms. The van der Waals surface area contributed by atoms with Gasteiger partial charge in [-0.1, -0.05) is 42.5 Å². The standard InChI is InChI=1S/C31H18N4/c1-2-5-20-17(4-1)15-24-21(20)9-7-18-14-19-8-10-26-29(28(19)27(18)24)34-31-23-11-13-32-16-25(23)22-6-3-12-33-30(22)35(26)31/h1-13,16H,14-15H2. The van der Waals surface area contributed by atoms with E-state index in [2.05, 4.69) is 70.0 Å². The van der Waals surface area contributed by atoms with Crippen molar-refractivity contribution in [2.45, 2.75) is 12.8 Å². The molecule has 0 aliphatic heterocycles. The molecule has 2 aliphatic rings. The summed E-state index contributed by atoms with van der Waals surface area (Å²) in [7, 11) is 0. The van der Waals surface area contributed by atoms with Gasteiger partial charge < -0.3 is 0 Å². The van der Waals surface area contributed by atoms with Gasteiger partial charge in [-0.2, -0.15) is 0 Å². The molecule has 0 radical (unpaired) electrons. The zero-order valence-electron chi connectivity index (χ0n) is 18.8. The Morgan fingerprint density at radius 1 is 0.629 bits per heavy atom. The lowest BCUT2D eigenvalue weighted by Crippen LogP contribution is -1.94. The van der Waals surface area contributed by atoms with E-state index in [4.69, 9.17) is 9.97 Å². The first-order valence-electron chi connectivity index (χ1n) is 12.0. The number of pyridine rings is 3. The van der Waals surface area contributed by atoms with Gasteiger partial charge in [0.05, 0.1) is 11.0 Å². The van der Waals surface area contributed by atoms with Gasteiger partial charge in [0.25, 0.3) is 0 Å². The molecule has 0 amide bonds. The second-order valence-electron chi connectivity index (χ2n) is 9.67. The van der Waals surface area contributed by atoms with Crippen molar-refractivity contribution in [3.63, 3.8) is 0 Å². The SMILES string of the molecule is c1ccc2c(c1)Cc1c-2ccc2c1-c1c(ccc3c1nc1c4ccncc4c4cccnc4n31)C2. The van der Waals surface area contributed by atoms with Crippen LogP contribution >= 0.6 is 0 Å². The van der Waals surface area contributed by atoms with Crippen LogP contribution in [0.4, 0.5) is 0 Å². The first kappa shape index (κ1) is 17.8. The van der Waals surface area contributed by atoms with Gasteiger partial charge in [-0.05, 0) is 76.1 Å². The zero-order chi connectivity index (χ0) is 22.7. The fraction of sp³-hybridized carbons (Fsp3) is 0.0645. The highest BCUT2D eigenvalue weighted by atomic mass is 15.1. The summed E-state index contributed by atoms with van der Waals surface area (Å²) < 4.78 is 2.24. The molecule has 4 heterocycles. The number of aromatic nitrogens is 4. The Labute approximate surface area is 200 Å². The van der Waals surface area contributed by atoms with Gasteiger partial charge in [0.1, 0.15) is 11.3 Å². The Balaban J connectivity index is 1.45. The van der Waals surface area contributed by atoms with Crippen LogP contribution in [0.2, 0.25) is 0 Å². The molecule has 2 aliphatic carbocycles. The van der Waals surface area contributed by atoms with Gasteiger partial charge in [-0.25, -0.2) is 9.97 Å². The lowest BCUT2D eigenvalue weighted by atomic mass is 9.94. The molecule has 0 saturated heterocycles. The fourth-order valence-corrected chi connectivity index (χ4v) is 6.52. The van der Waals surface area contributed by atoms with E-state index >= 15 is 0 Å². The van der Waals surface area contributed by atoms with E-state index in [-0.39, 0.29) is 0 Å². The molecule has 4 aromatic heterocycles. The van der Waals surface area contributed by atoms with Crippen LogP contribution in [0, 0.1) is 0 Å². The van der Waals surface area contributed by atoms with Crippen LogP contribution in [0.5, 0.6) is 0 Å². The summed E-state index contributed by atoms with van der Waals surface area (Å²) in [6.07, 6.45) is 7.59. The summed E-state index contributed by atoms with van der Waals surface area (Å²) in [6, 6.07) is 24.2. The molecule has 0 unspecified atom stereocenters. The zero-order valence-corrected chi connectivity index (χ0v) is 18.8. The molecular formula is C31H18N4. The molecule has 4 nitrogen and oxygen atoms in total. The molecule has 0 fully saturated rings. The summed E-state index contributed by atoms with van der Waals surface area (Å²) in [5, 5.41) is 3.29.